The van der Waals surface area contributed by atoms with Crippen LogP contribution >= 0.6 is 10.2 Å². The van der Waals surface area contributed by atoms with Crippen molar-refractivity contribution >= 4 is 22.2 Å². The van der Waals surface area contributed by atoms with Crippen LogP contribution in [0, 0.1) is 11.8 Å². The number of piperazine rings is 1. The molecule has 1 aliphatic heterocycles. The molecule has 25 heavy (non-hydrogen) atoms. The minimum atomic E-state index is -9.73. The van der Waals surface area contributed by atoms with Crippen molar-refractivity contribution in [3.8, 4) is 11.8 Å². The number of carboxylic acid groups (broad SMARTS) is 1. The van der Waals surface area contributed by atoms with E-state index in [4.69, 9.17) is 5.11 Å². The summed E-state index contributed by atoms with van der Waals surface area (Å²) >= 11 is 0. The summed E-state index contributed by atoms with van der Waals surface area (Å²) in [5.41, 5.74) is -0.0249. The van der Waals surface area contributed by atoms with E-state index in [0.29, 0.717) is 0 Å². The van der Waals surface area contributed by atoms with Crippen LogP contribution in [-0.2, 0) is 4.79 Å². The van der Waals surface area contributed by atoms with Crippen LogP contribution in [0.3, 0.4) is 0 Å². The van der Waals surface area contributed by atoms with Gasteiger partial charge in [-0.3, -0.25) is 4.79 Å². The second-order valence-electron chi connectivity index (χ2n) is 5.31. The fourth-order valence-electron chi connectivity index (χ4n) is 2.10. The van der Waals surface area contributed by atoms with Gasteiger partial charge in [-0.2, -0.15) is 0 Å². The van der Waals surface area contributed by atoms with Gasteiger partial charge in [0.05, 0.1) is 0 Å². The fraction of sp³-hybridized carbons (Fsp3) is 0.286. The quantitative estimate of drug-likeness (QED) is 0.595. The molecule has 2 rings (SSSR count). The number of carbonyl (C=O) groups is 2. The minimum Gasteiger partial charge on any atom is -0.465 e. The van der Waals surface area contributed by atoms with E-state index in [1.54, 1.807) is 0 Å². The fourth-order valence-corrected chi connectivity index (χ4v) is 2.75. The molecule has 1 aromatic rings. The van der Waals surface area contributed by atoms with E-state index in [-0.39, 0.29) is 43.9 Å². The number of rotatable bonds is 1. The predicted octanol–water partition coefficient (Wildman–Crippen LogP) is 3.52. The van der Waals surface area contributed by atoms with Gasteiger partial charge in [-0.1, -0.05) is 25.3 Å². The second kappa shape index (κ2) is 5.52. The van der Waals surface area contributed by atoms with Crippen molar-refractivity contribution in [2.45, 2.75) is 4.90 Å². The first-order valence-electron chi connectivity index (χ1n) is 6.89. The molecule has 0 aromatic heterocycles. The second-order valence-corrected chi connectivity index (χ2v) is 7.71. The van der Waals surface area contributed by atoms with Gasteiger partial charge < -0.3 is 14.9 Å². The van der Waals surface area contributed by atoms with Crippen LogP contribution in [-0.4, -0.2) is 53.1 Å². The van der Waals surface area contributed by atoms with Crippen molar-refractivity contribution in [2.75, 3.05) is 26.2 Å². The molecule has 1 heterocycles. The summed E-state index contributed by atoms with van der Waals surface area (Å²) in [4.78, 5) is 23.0. The third-order valence-electron chi connectivity index (χ3n) is 3.45. The third-order valence-corrected chi connectivity index (χ3v) is 4.61. The van der Waals surface area contributed by atoms with Crippen molar-refractivity contribution in [3.63, 3.8) is 0 Å². The molecule has 2 amide bonds. The van der Waals surface area contributed by atoms with E-state index in [0.717, 1.165) is 17.0 Å². The van der Waals surface area contributed by atoms with Gasteiger partial charge in [0.25, 0.3) is 5.91 Å². The first-order valence-corrected chi connectivity index (χ1v) is 8.84. The lowest BCUT2D eigenvalue weighted by Gasteiger charge is -2.40. The average Bonchev–Trinajstić information content (AvgIpc) is 2.51. The van der Waals surface area contributed by atoms with Crippen molar-refractivity contribution in [1.29, 1.82) is 0 Å². The van der Waals surface area contributed by atoms with Crippen LogP contribution in [0.2, 0.25) is 0 Å². The number of hydrogen-bond donors (Lipinski definition) is 1. The largest absolute Gasteiger partial charge is 0.465 e. The van der Waals surface area contributed by atoms with Crippen LogP contribution in [0.25, 0.3) is 0 Å². The van der Waals surface area contributed by atoms with Crippen LogP contribution in [0.4, 0.5) is 24.2 Å². The Hall–Kier alpha value is -2.48. The lowest BCUT2D eigenvalue weighted by atomic mass is 10.2. The zero-order valence-electron chi connectivity index (χ0n) is 12.6. The van der Waals surface area contributed by atoms with Gasteiger partial charge in [0.15, 0.2) is 0 Å². The summed E-state index contributed by atoms with van der Waals surface area (Å²) < 4.78 is 62.9. The van der Waals surface area contributed by atoms with Gasteiger partial charge in [0, 0.05) is 37.7 Å². The lowest BCUT2D eigenvalue weighted by molar-refractivity contribution is -0.126. The van der Waals surface area contributed by atoms with Gasteiger partial charge in [0.1, 0.15) is 4.90 Å². The van der Waals surface area contributed by atoms with Gasteiger partial charge in [0.2, 0.25) is 0 Å². The maximum atomic E-state index is 12.6. The zero-order chi connectivity index (χ0) is 18.9. The summed E-state index contributed by atoms with van der Waals surface area (Å²) in [6.07, 6.45) is -1.10. The van der Waals surface area contributed by atoms with Gasteiger partial charge in [-0.05, 0) is 24.3 Å². The Morgan fingerprint density at radius 1 is 0.920 bits per heavy atom. The molecule has 0 unspecified atom stereocenters. The monoisotopic (exact) mass is 384 g/mol. The number of nitrogens with zero attached hydrogens (tertiary/aromatic N) is 2. The molecule has 1 N–H and O–H groups in total. The molecule has 0 aliphatic carbocycles. The lowest BCUT2D eigenvalue weighted by Crippen LogP contribution is -2.49. The van der Waals surface area contributed by atoms with Gasteiger partial charge in [-0.15, -0.1) is 0 Å². The van der Waals surface area contributed by atoms with Crippen molar-refractivity contribution in [1.82, 2.24) is 9.80 Å². The Morgan fingerprint density at radius 2 is 1.40 bits per heavy atom. The molecule has 138 valence electrons. The molecule has 1 aliphatic rings. The highest BCUT2D eigenvalue weighted by atomic mass is 32.5. The topological polar surface area (TPSA) is 60.9 Å². The van der Waals surface area contributed by atoms with Gasteiger partial charge in [-0.25, -0.2) is 4.79 Å². The number of halogens is 5. The zero-order valence-corrected chi connectivity index (χ0v) is 13.4. The van der Waals surface area contributed by atoms with Crippen molar-refractivity contribution in [2.24, 2.45) is 0 Å². The van der Waals surface area contributed by atoms with Crippen LogP contribution < -0.4 is 0 Å². The minimum absolute atomic E-state index is 0.0249. The molecule has 1 aromatic carbocycles. The molecule has 0 bridgehead atoms. The van der Waals surface area contributed by atoms with Crippen LogP contribution in [0.5, 0.6) is 0 Å². The maximum absolute atomic E-state index is 12.6. The van der Waals surface area contributed by atoms with Gasteiger partial charge >= 0.3 is 16.3 Å². The van der Waals surface area contributed by atoms with E-state index < -0.39 is 27.1 Å². The highest BCUT2D eigenvalue weighted by Gasteiger charge is 2.65. The number of benzene rings is 1. The first kappa shape index (κ1) is 18.9. The predicted molar refractivity (Wildman–Crippen MR) is 80.9 cm³/mol. The molecule has 11 heteroatoms. The molecule has 0 saturated carbocycles. The molecule has 0 atom stereocenters. The molecule has 1 fully saturated rings. The molecule has 0 spiro atoms. The molecule has 5 nitrogen and oxygen atoms in total. The third kappa shape index (κ3) is 4.99. The number of amides is 2. The maximum Gasteiger partial charge on any atom is 0.407 e. The Kier molecular flexibility index (Phi) is 4.16. The molecular weight excluding hydrogens is 371 g/mol. The standard InChI is InChI=1S/C14H13F5N2O3S/c15-25(16,17,18,19)12-4-1-11(2-5-12)3-6-13(22)20-7-9-21(10-8-20)14(23)24/h1-2,4-5H,7-10H2,(H,23,24). The van der Waals surface area contributed by atoms with E-state index in [1.807, 2.05) is 0 Å². The normalized spacial score (nSPS) is 17.8. The van der Waals surface area contributed by atoms with E-state index in [9.17, 15) is 29.0 Å². The van der Waals surface area contributed by atoms with Crippen molar-refractivity contribution in [3.05, 3.63) is 29.8 Å². The summed E-state index contributed by atoms with van der Waals surface area (Å²) in [7, 11) is -9.73. The van der Waals surface area contributed by atoms with E-state index >= 15 is 0 Å². The molecular formula is C14H13F5N2O3S. The Morgan fingerprint density at radius 3 is 1.84 bits per heavy atom. The van der Waals surface area contributed by atoms with E-state index in [2.05, 4.69) is 11.8 Å². The number of hydrogen-bond acceptors (Lipinski definition) is 2. The van der Waals surface area contributed by atoms with Crippen LogP contribution in [0.15, 0.2) is 29.2 Å². The highest BCUT2D eigenvalue weighted by Crippen LogP contribution is 3.02. The molecule has 1 saturated heterocycles. The summed E-state index contributed by atoms with van der Waals surface area (Å²) in [6.45, 7) is 0.536. The van der Waals surface area contributed by atoms with Crippen LogP contribution in [0.1, 0.15) is 5.56 Å². The summed E-state index contributed by atoms with van der Waals surface area (Å²) in [5, 5.41) is 8.79. The van der Waals surface area contributed by atoms with Crippen molar-refractivity contribution < 1.29 is 34.1 Å². The summed E-state index contributed by atoms with van der Waals surface area (Å²) in [6, 6.07) is 1.97. The average molecular weight is 384 g/mol. The Bertz CT molecular complexity index is 760. The highest BCUT2D eigenvalue weighted by molar-refractivity contribution is 8.45. The van der Waals surface area contributed by atoms with E-state index in [1.165, 1.54) is 4.90 Å². The SMILES string of the molecule is O=C(O)N1CCN(C(=O)C#Cc2ccc(S(F)(F)(F)(F)F)cc2)CC1. The number of carbonyl (C=O) groups excluding carboxylic acids is 1. The summed E-state index contributed by atoms with van der Waals surface area (Å²) in [5.74, 6) is 3.89. The Balaban J connectivity index is 2.05. The molecule has 0 radical (unpaired) electrons. The smallest absolute Gasteiger partial charge is 0.407 e. The first-order chi connectivity index (χ1) is 11.3. The Labute approximate surface area is 139 Å².